The van der Waals surface area contributed by atoms with Gasteiger partial charge in [-0.2, -0.15) is 0 Å². The van der Waals surface area contributed by atoms with Crippen molar-refractivity contribution in [3.8, 4) is 0 Å². The zero-order valence-corrected chi connectivity index (χ0v) is 13.7. The van der Waals surface area contributed by atoms with Crippen molar-refractivity contribution in [1.82, 2.24) is 16.2 Å². The van der Waals surface area contributed by atoms with Crippen LogP contribution in [0.3, 0.4) is 0 Å². The van der Waals surface area contributed by atoms with Crippen molar-refractivity contribution in [1.29, 1.82) is 0 Å². The molecular weight excluding hydrogens is 318 g/mol. The maximum atomic E-state index is 11.9. The Morgan fingerprint density at radius 1 is 1.04 bits per heavy atom. The molecule has 0 bridgehead atoms. The molecule has 3 N–H and O–H groups in total. The molecule has 0 aromatic heterocycles. The van der Waals surface area contributed by atoms with E-state index >= 15 is 0 Å². The van der Waals surface area contributed by atoms with Gasteiger partial charge < -0.3 is 5.32 Å². The Morgan fingerprint density at radius 2 is 1.74 bits per heavy atom. The van der Waals surface area contributed by atoms with Crippen LogP contribution in [0.1, 0.15) is 48.0 Å². The monoisotopic (exact) mass is 337 g/mol. The summed E-state index contributed by atoms with van der Waals surface area (Å²) in [7, 11) is 0. The standard InChI is InChI=1S/C16H20ClN3O3/c1-10-7-8-11(9-13(10)17)14(21)19-20-16(23)15(22)18-12-5-3-2-4-6-12/h7-9,12H,2-6H2,1H3,(H,18,22)(H,19,21)(H,20,23). The van der Waals surface area contributed by atoms with Crippen molar-refractivity contribution in [3.05, 3.63) is 34.3 Å². The van der Waals surface area contributed by atoms with E-state index in [2.05, 4.69) is 16.2 Å². The van der Waals surface area contributed by atoms with E-state index in [-0.39, 0.29) is 6.04 Å². The van der Waals surface area contributed by atoms with Crippen molar-refractivity contribution in [2.24, 2.45) is 0 Å². The van der Waals surface area contributed by atoms with Gasteiger partial charge in [-0.05, 0) is 37.5 Å². The van der Waals surface area contributed by atoms with Crippen LogP contribution < -0.4 is 16.2 Å². The third-order valence-electron chi connectivity index (χ3n) is 3.87. The summed E-state index contributed by atoms with van der Waals surface area (Å²) < 4.78 is 0. The maximum Gasteiger partial charge on any atom is 0.327 e. The highest BCUT2D eigenvalue weighted by molar-refractivity contribution is 6.35. The van der Waals surface area contributed by atoms with Gasteiger partial charge in [0.2, 0.25) is 0 Å². The minimum Gasteiger partial charge on any atom is -0.345 e. The third-order valence-corrected chi connectivity index (χ3v) is 4.28. The Bertz CT molecular complexity index is 613. The molecule has 1 aliphatic rings. The lowest BCUT2D eigenvalue weighted by Gasteiger charge is -2.22. The smallest absolute Gasteiger partial charge is 0.327 e. The summed E-state index contributed by atoms with van der Waals surface area (Å²) in [6, 6.07) is 4.83. The van der Waals surface area contributed by atoms with Gasteiger partial charge in [0.15, 0.2) is 0 Å². The van der Waals surface area contributed by atoms with Crippen molar-refractivity contribution >= 4 is 29.3 Å². The van der Waals surface area contributed by atoms with Crippen molar-refractivity contribution in [2.75, 3.05) is 0 Å². The molecule has 0 aliphatic heterocycles. The third kappa shape index (κ3) is 4.96. The Hall–Kier alpha value is -2.08. The molecule has 0 saturated heterocycles. The van der Waals surface area contributed by atoms with Crippen LogP contribution in [0, 0.1) is 6.92 Å². The van der Waals surface area contributed by atoms with Crippen LogP contribution in [-0.2, 0) is 9.59 Å². The van der Waals surface area contributed by atoms with E-state index in [9.17, 15) is 14.4 Å². The molecule has 1 aliphatic carbocycles. The number of rotatable bonds is 2. The molecule has 7 heteroatoms. The number of aryl methyl sites for hydroxylation is 1. The lowest BCUT2D eigenvalue weighted by atomic mass is 9.95. The highest BCUT2D eigenvalue weighted by Gasteiger charge is 2.20. The molecule has 23 heavy (non-hydrogen) atoms. The molecular formula is C16H20ClN3O3. The molecule has 1 aromatic carbocycles. The Morgan fingerprint density at radius 3 is 2.39 bits per heavy atom. The molecule has 6 nitrogen and oxygen atoms in total. The first-order chi connectivity index (χ1) is 11.0. The number of benzene rings is 1. The topological polar surface area (TPSA) is 87.3 Å². The molecule has 1 fully saturated rings. The average Bonchev–Trinajstić information content (AvgIpc) is 2.55. The van der Waals surface area contributed by atoms with Gasteiger partial charge in [0, 0.05) is 16.6 Å². The summed E-state index contributed by atoms with van der Waals surface area (Å²) in [4.78, 5) is 35.4. The van der Waals surface area contributed by atoms with E-state index in [4.69, 9.17) is 11.6 Å². The van der Waals surface area contributed by atoms with E-state index in [0.29, 0.717) is 10.6 Å². The molecule has 124 valence electrons. The fraction of sp³-hybridized carbons (Fsp3) is 0.438. The lowest BCUT2D eigenvalue weighted by molar-refractivity contribution is -0.140. The minimum atomic E-state index is -0.887. The van der Waals surface area contributed by atoms with Crippen LogP contribution >= 0.6 is 11.6 Å². The average molecular weight is 338 g/mol. The van der Waals surface area contributed by atoms with Gasteiger partial charge in [0.05, 0.1) is 0 Å². The number of halogens is 1. The summed E-state index contributed by atoms with van der Waals surface area (Å²) >= 11 is 5.95. The summed E-state index contributed by atoms with van der Waals surface area (Å²) in [6.07, 6.45) is 5.03. The highest BCUT2D eigenvalue weighted by atomic mass is 35.5. The summed E-state index contributed by atoms with van der Waals surface area (Å²) in [5, 5.41) is 3.13. The molecule has 1 aromatic rings. The molecule has 0 heterocycles. The van der Waals surface area contributed by atoms with Crippen LogP contribution in [0.25, 0.3) is 0 Å². The first-order valence-corrected chi connectivity index (χ1v) is 8.02. The van der Waals surface area contributed by atoms with Crippen molar-refractivity contribution in [2.45, 2.75) is 45.1 Å². The van der Waals surface area contributed by atoms with Gasteiger partial charge in [-0.15, -0.1) is 0 Å². The van der Waals surface area contributed by atoms with Gasteiger partial charge in [0.25, 0.3) is 5.91 Å². The second kappa shape index (κ2) is 7.97. The number of amides is 3. The number of hydrogen-bond acceptors (Lipinski definition) is 3. The van der Waals surface area contributed by atoms with Gasteiger partial charge in [-0.3, -0.25) is 25.2 Å². The Kier molecular flexibility index (Phi) is 5.98. The fourth-order valence-electron chi connectivity index (χ4n) is 2.47. The largest absolute Gasteiger partial charge is 0.345 e. The summed E-state index contributed by atoms with van der Waals surface area (Å²) in [6.45, 7) is 1.82. The molecule has 2 rings (SSSR count). The predicted molar refractivity (Wildman–Crippen MR) is 86.8 cm³/mol. The minimum absolute atomic E-state index is 0.0357. The number of hydrogen-bond donors (Lipinski definition) is 3. The van der Waals surface area contributed by atoms with Gasteiger partial charge >= 0.3 is 11.8 Å². The van der Waals surface area contributed by atoms with E-state index in [1.807, 2.05) is 6.92 Å². The second-order valence-corrected chi connectivity index (χ2v) is 6.09. The number of carbonyl (C=O) groups is 3. The van der Waals surface area contributed by atoms with Crippen LogP contribution in [0.4, 0.5) is 0 Å². The van der Waals surface area contributed by atoms with Crippen LogP contribution in [0.2, 0.25) is 5.02 Å². The van der Waals surface area contributed by atoms with Crippen LogP contribution in [-0.4, -0.2) is 23.8 Å². The summed E-state index contributed by atoms with van der Waals surface area (Å²) in [5.41, 5.74) is 5.46. The molecule has 0 radical (unpaired) electrons. The van der Waals surface area contributed by atoms with Crippen molar-refractivity contribution < 1.29 is 14.4 Å². The van der Waals surface area contributed by atoms with Crippen molar-refractivity contribution in [3.63, 3.8) is 0 Å². The molecule has 0 unspecified atom stereocenters. The highest BCUT2D eigenvalue weighted by Crippen LogP contribution is 2.17. The predicted octanol–water partition coefficient (Wildman–Crippen LogP) is 1.86. The van der Waals surface area contributed by atoms with E-state index in [1.54, 1.807) is 12.1 Å². The molecule has 0 spiro atoms. The van der Waals surface area contributed by atoms with Gasteiger partial charge in [-0.25, -0.2) is 0 Å². The molecule has 0 atom stereocenters. The second-order valence-electron chi connectivity index (χ2n) is 5.68. The number of carbonyl (C=O) groups excluding carboxylic acids is 3. The van der Waals surface area contributed by atoms with Crippen LogP contribution in [0.5, 0.6) is 0 Å². The fourth-order valence-corrected chi connectivity index (χ4v) is 2.65. The normalized spacial score (nSPS) is 14.9. The lowest BCUT2D eigenvalue weighted by Crippen LogP contribution is -2.50. The zero-order chi connectivity index (χ0) is 16.8. The number of hydrazine groups is 1. The number of nitrogens with one attached hydrogen (secondary N) is 3. The first kappa shape index (κ1) is 17.3. The zero-order valence-electron chi connectivity index (χ0n) is 12.9. The maximum absolute atomic E-state index is 11.9. The molecule has 3 amide bonds. The SMILES string of the molecule is Cc1ccc(C(=O)NNC(=O)C(=O)NC2CCCCC2)cc1Cl. The Labute approximate surface area is 139 Å². The quantitative estimate of drug-likeness (QED) is 0.568. The Balaban J connectivity index is 1.81. The summed E-state index contributed by atoms with van der Waals surface area (Å²) in [5.74, 6) is -2.16. The van der Waals surface area contributed by atoms with Gasteiger partial charge in [0.1, 0.15) is 0 Å². The molecule has 1 saturated carbocycles. The van der Waals surface area contributed by atoms with E-state index in [1.165, 1.54) is 6.07 Å². The first-order valence-electron chi connectivity index (χ1n) is 7.64. The van der Waals surface area contributed by atoms with Crippen LogP contribution in [0.15, 0.2) is 18.2 Å². The van der Waals surface area contributed by atoms with E-state index in [0.717, 1.165) is 37.7 Å². The van der Waals surface area contributed by atoms with E-state index < -0.39 is 17.7 Å². The van der Waals surface area contributed by atoms with Gasteiger partial charge in [-0.1, -0.05) is 36.9 Å².